The molecular formula is C13H12Cl2N2O2. The van der Waals surface area contributed by atoms with Gasteiger partial charge in [-0.2, -0.15) is 0 Å². The molecule has 6 heteroatoms. The molecular weight excluding hydrogens is 287 g/mol. The normalized spacial score (nSPS) is 10.5. The zero-order valence-electron chi connectivity index (χ0n) is 10.5. The Hall–Kier alpha value is -1.52. The predicted octanol–water partition coefficient (Wildman–Crippen LogP) is 3.33. The van der Waals surface area contributed by atoms with Crippen molar-refractivity contribution in [2.75, 3.05) is 7.11 Å². The third-order valence-electron chi connectivity index (χ3n) is 2.79. The second kappa shape index (κ2) is 5.63. The van der Waals surface area contributed by atoms with E-state index in [0.29, 0.717) is 28.1 Å². The Labute approximate surface area is 120 Å². The molecule has 19 heavy (non-hydrogen) atoms. The van der Waals surface area contributed by atoms with Gasteiger partial charge in [-0.05, 0) is 30.7 Å². The van der Waals surface area contributed by atoms with Crippen LogP contribution in [0.25, 0.3) is 0 Å². The summed E-state index contributed by atoms with van der Waals surface area (Å²) in [5.74, 6) is 0.273. The molecule has 0 N–H and O–H groups in total. The summed E-state index contributed by atoms with van der Waals surface area (Å²) in [6.45, 7) is 2.22. The smallest absolute Gasteiger partial charge is 0.356 e. The lowest BCUT2D eigenvalue weighted by Crippen LogP contribution is -2.12. The number of carbonyl (C=O) groups is 1. The standard InChI is InChI=1S/C13H12Cl2N2O2/c1-8-16-6-12(13(18)19-2)17(8)7-9-5-10(14)3-4-11(9)15/h3-6H,7H2,1-2H3. The van der Waals surface area contributed by atoms with Gasteiger partial charge in [0.25, 0.3) is 0 Å². The zero-order valence-corrected chi connectivity index (χ0v) is 12.0. The van der Waals surface area contributed by atoms with E-state index in [0.717, 1.165) is 5.56 Å². The summed E-state index contributed by atoms with van der Waals surface area (Å²) >= 11 is 12.1. The minimum absolute atomic E-state index is 0.385. The Morgan fingerprint density at radius 1 is 1.42 bits per heavy atom. The van der Waals surface area contributed by atoms with Crippen LogP contribution in [0.4, 0.5) is 0 Å². The third-order valence-corrected chi connectivity index (χ3v) is 3.39. The topological polar surface area (TPSA) is 44.1 Å². The van der Waals surface area contributed by atoms with E-state index in [2.05, 4.69) is 4.98 Å². The molecule has 100 valence electrons. The molecule has 2 aromatic rings. The van der Waals surface area contributed by atoms with Crippen molar-refractivity contribution in [3.63, 3.8) is 0 Å². The van der Waals surface area contributed by atoms with Crippen molar-refractivity contribution in [2.45, 2.75) is 13.5 Å². The van der Waals surface area contributed by atoms with Crippen molar-refractivity contribution < 1.29 is 9.53 Å². The third kappa shape index (κ3) is 2.91. The van der Waals surface area contributed by atoms with E-state index in [1.165, 1.54) is 13.3 Å². The molecule has 0 amide bonds. The van der Waals surface area contributed by atoms with Crippen molar-refractivity contribution in [2.24, 2.45) is 0 Å². The molecule has 1 aromatic heterocycles. The molecule has 0 bridgehead atoms. The summed E-state index contributed by atoms with van der Waals surface area (Å²) in [5.41, 5.74) is 1.21. The van der Waals surface area contributed by atoms with Gasteiger partial charge < -0.3 is 9.30 Å². The summed E-state index contributed by atoms with van der Waals surface area (Å²) in [4.78, 5) is 15.8. The van der Waals surface area contributed by atoms with Gasteiger partial charge in [-0.15, -0.1) is 0 Å². The first-order valence-electron chi connectivity index (χ1n) is 5.57. The first kappa shape index (κ1) is 13.9. The number of imidazole rings is 1. The number of rotatable bonds is 3. The van der Waals surface area contributed by atoms with Crippen molar-refractivity contribution in [1.29, 1.82) is 0 Å². The van der Waals surface area contributed by atoms with E-state index >= 15 is 0 Å². The van der Waals surface area contributed by atoms with Gasteiger partial charge in [0, 0.05) is 10.0 Å². The molecule has 0 fully saturated rings. The number of aryl methyl sites for hydroxylation is 1. The number of nitrogens with zero attached hydrogens (tertiary/aromatic N) is 2. The molecule has 0 radical (unpaired) electrons. The first-order chi connectivity index (χ1) is 9.02. The lowest BCUT2D eigenvalue weighted by Gasteiger charge is -2.10. The molecule has 0 unspecified atom stereocenters. The minimum atomic E-state index is -0.432. The van der Waals surface area contributed by atoms with Crippen LogP contribution >= 0.6 is 23.2 Å². The maximum Gasteiger partial charge on any atom is 0.356 e. The van der Waals surface area contributed by atoms with Crippen molar-refractivity contribution in [3.05, 3.63) is 51.5 Å². The second-order valence-corrected chi connectivity index (χ2v) is 4.85. The van der Waals surface area contributed by atoms with E-state index < -0.39 is 5.97 Å². The van der Waals surface area contributed by atoms with Crippen LogP contribution in [-0.2, 0) is 11.3 Å². The largest absolute Gasteiger partial charge is 0.464 e. The molecule has 0 atom stereocenters. The molecule has 0 aliphatic rings. The number of halogens is 2. The fraction of sp³-hybridized carbons (Fsp3) is 0.231. The number of ether oxygens (including phenoxy) is 1. The lowest BCUT2D eigenvalue weighted by molar-refractivity contribution is 0.0588. The fourth-order valence-corrected chi connectivity index (χ4v) is 2.14. The average molecular weight is 299 g/mol. The molecule has 0 saturated carbocycles. The first-order valence-corrected chi connectivity index (χ1v) is 6.33. The number of hydrogen-bond donors (Lipinski definition) is 0. The molecule has 0 saturated heterocycles. The van der Waals surface area contributed by atoms with E-state index in [9.17, 15) is 4.79 Å². The van der Waals surface area contributed by atoms with Crippen LogP contribution in [0.2, 0.25) is 10.0 Å². The van der Waals surface area contributed by atoms with Crippen LogP contribution in [0, 0.1) is 6.92 Å². The van der Waals surface area contributed by atoms with Crippen LogP contribution in [0.5, 0.6) is 0 Å². The maximum absolute atomic E-state index is 11.6. The van der Waals surface area contributed by atoms with Gasteiger partial charge in [0.15, 0.2) is 0 Å². The highest BCUT2D eigenvalue weighted by Crippen LogP contribution is 2.22. The van der Waals surface area contributed by atoms with E-state index in [-0.39, 0.29) is 0 Å². The zero-order chi connectivity index (χ0) is 14.0. The molecule has 1 aromatic carbocycles. The summed E-state index contributed by atoms with van der Waals surface area (Å²) in [5, 5.41) is 1.19. The van der Waals surface area contributed by atoms with Gasteiger partial charge >= 0.3 is 5.97 Å². The molecule has 0 aliphatic heterocycles. The average Bonchev–Trinajstić information content (AvgIpc) is 2.75. The summed E-state index contributed by atoms with van der Waals surface area (Å²) < 4.78 is 6.46. The number of benzene rings is 1. The van der Waals surface area contributed by atoms with Crippen molar-refractivity contribution >= 4 is 29.2 Å². The van der Waals surface area contributed by atoms with Crippen molar-refractivity contribution in [3.8, 4) is 0 Å². The molecule has 4 nitrogen and oxygen atoms in total. The number of esters is 1. The SMILES string of the molecule is COC(=O)c1cnc(C)n1Cc1cc(Cl)ccc1Cl. The Balaban J connectivity index is 2.40. The highest BCUT2D eigenvalue weighted by molar-refractivity contribution is 6.33. The second-order valence-electron chi connectivity index (χ2n) is 4.00. The number of methoxy groups -OCH3 is 1. The van der Waals surface area contributed by atoms with Crippen LogP contribution in [-0.4, -0.2) is 22.6 Å². The Bertz CT molecular complexity index is 623. The number of hydrogen-bond acceptors (Lipinski definition) is 3. The van der Waals surface area contributed by atoms with Crippen LogP contribution < -0.4 is 0 Å². The summed E-state index contributed by atoms with van der Waals surface area (Å²) in [6, 6.07) is 5.21. The summed E-state index contributed by atoms with van der Waals surface area (Å²) in [7, 11) is 1.33. The van der Waals surface area contributed by atoms with Gasteiger partial charge in [-0.25, -0.2) is 9.78 Å². The molecule has 0 aliphatic carbocycles. The molecule has 0 spiro atoms. The van der Waals surface area contributed by atoms with Crippen molar-refractivity contribution in [1.82, 2.24) is 9.55 Å². The maximum atomic E-state index is 11.6. The number of aromatic nitrogens is 2. The highest BCUT2D eigenvalue weighted by atomic mass is 35.5. The fourth-order valence-electron chi connectivity index (χ4n) is 1.77. The lowest BCUT2D eigenvalue weighted by atomic mass is 10.2. The molecule has 2 rings (SSSR count). The van der Waals surface area contributed by atoms with Crippen LogP contribution in [0.3, 0.4) is 0 Å². The van der Waals surface area contributed by atoms with E-state index in [1.54, 1.807) is 22.8 Å². The van der Waals surface area contributed by atoms with Gasteiger partial charge in [0.05, 0.1) is 19.9 Å². The Morgan fingerprint density at radius 3 is 2.84 bits per heavy atom. The summed E-state index contributed by atoms with van der Waals surface area (Å²) in [6.07, 6.45) is 1.49. The highest BCUT2D eigenvalue weighted by Gasteiger charge is 2.16. The quantitative estimate of drug-likeness (QED) is 0.817. The van der Waals surface area contributed by atoms with E-state index in [1.807, 2.05) is 6.92 Å². The van der Waals surface area contributed by atoms with Gasteiger partial charge in [0.1, 0.15) is 11.5 Å². The van der Waals surface area contributed by atoms with Gasteiger partial charge in [-0.3, -0.25) is 0 Å². The Morgan fingerprint density at radius 2 is 2.16 bits per heavy atom. The monoisotopic (exact) mass is 298 g/mol. The van der Waals surface area contributed by atoms with Crippen LogP contribution in [0.1, 0.15) is 21.9 Å². The van der Waals surface area contributed by atoms with Gasteiger partial charge in [0.2, 0.25) is 0 Å². The van der Waals surface area contributed by atoms with Crippen LogP contribution in [0.15, 0.2) is 24.4 Å². The Kier molecular flexibility index (Phi) is 4.12. The predicted molar refractivity (Wildman–Crippen MR) is 73.9 cm³/mol. The van der Waals surface area contributed by atoms with E-state index in [4.69, 9.17) is 27.9 Å². The minimum Gasteiger partial charge on any atom is -0.464 e. The van der Waals surface area contributed by atoms with Gasteiger partial charge in [-0.1, -0.05) is 23.2 Å². The molecule has 1 heterocycles. The number of carbonyl (C=O) groups excluding carboxylic acids is 1.